The van der Waals surface area contributed by atoms with E-state index in [0.717, 1.165) is 29.1 Å². The third-order valence-corrected chi connectivity index (χ3v) is 5.26. The van der Waals surface area contributed by atoms with Gasteiger partial charge >= 0.3 is 0 Å². The Kier molecular flexibility index (Phi) is 7.68. The molecule has 0 atom stereocenters. The zero-order chi connectivity index (χ0) is 22.2. The van der Waals surface area contributed by atoms with Crippen LogP contribution in [0.15, 0.2) is 83.1 Å². The van der Waals surface area contributed by atoms with Crippen LogP contribution in [0.3, 0.4) is 0 Å². The van der Waals surface area contributed by atoms with Crippen molar-refractivity contribution in [2.75, 3.05) is 13.7 Å². The summed E-state index contributed by atoms with van der Waals surface area (Å²) in [4.78, 5) is 12.8. The van der Waals surface area contributed by atoms with Crippen LogP contribution < -0.4 is 15.8 Å². The average Bonchev–Trinajstić information content (AvgIpc) is 2.93. The Morgan fingerprint density at radius 2 is 1.68 bits per heavy atom. The van der Waals surface area contributed by atoms with Crippen molar-refractivity contribution in [1.29, 1.82) is 0 Å². The van der Waals surface area contributed by atoms with Crippen molar-refractivity contribution < 1.29 is 14.3 Å². The Morgan fingerprint density at radius 1 is 1.03 bits per heavy atom. The molecule has 0 fully saturated rings. The van der Waals surface area contributed by atoms with E-state index in [2.05, 4.69) is 12.2 Å². The van der Waals surface area contributed by atoms with Gasteiger partial charge in [0.25, 0.3) is 5.91 Å². The average molecular weight is 419 g/mol. The largest absolute Gasteiger partial charge is 0.457 e. The van der Waals surface area contributed by atoms with E-state index < -0.39 is 0 Å². The summed E-state index contributed by atoms with van der Waals surface area (Å²) in [6.07, 6.45) is 5.18. The SMILES string of the molecule is CCC1=C(COC)C=CC(C(=O)NCc2ccc(Oc3ccc(C)cc3)cc2)=C(N)C1. The number of rotatable bonds is 8. The number of hydrogen-bond acceptors (Lipinski definition) is 4. The first-order valence-electron chi connectivity index (χ1n) is 10.5. The molecule has 5 nitrogen and oxygen atoms in total. The highest BCUT2D eigenvalue weighted by molar-refractivity contribution is 5.97. The zero-order valence-corrected chi connectivity index (χ0v) is 18.4. The molecule has 5 heteroatoms. The lowest BCUT2D eigenvalue weighted by molar-refractivity contribution is -0.117. The van der Waals surface area contributed by atoms with E-state index in [9.17, 15) is 4.79 Å². The van der Waals surface area contributed by atoms with E-state index in [4.69, 9.17) is 15.2 Å². The molecule has 2 aromatic rings. The summed E-state index contributed by atoms with van der Waals surface area (Å²) in [5, 5.41) is 2.96. The van der Waals surface area contributed by atoms with E-state index in [1.807, 2.05) is 61.5 Å². The van der Waals surface area contributed by atoms with E-state index in [0.29, 0.717) is 30.8 Å². The van der Waals surface area contributed by atoms with Gasteiger partial charge in [0.1, 0.15) is 11.5 Å². The van der Waals surface area contributed by atoms with Gasteiger partial charge in [0.05, 0.1) is 12.2 Å². The van der Waals surface area contributed by atoms with Crippen LogP contribution in [-0.4, -0.2) is 19.6 Å². The van der Waals surface area contributed by atoms with E-state index in [1.54, 1.807) is 13.2 Å². The van der Waals surface area contributed by atoms with Gasteiger partial charge < -0.3 is 20.5 Å². The van der Waals surface area contributed by atoms with Crippen LogP contribution in [0, 0.1) is 6.92 Å². The molecule has 2 aromatic carbocycles. The molecule has 0 saturated heterocycles. The lowest BCUT2D eigenvalue weighted by atomic mass is 10.0. The zero-order valence-electron chi connectivity index (χ0n) is 18.4. The monoisotopic (exact) mass is 418 g/mol. The Labute approximate surface area is 184 Å². The number of allylic oxidation sites excluding steroid dienone is 1. The minimum absolute atomic E-state index is 0.178. The lowest BCUT2D eigenvalue weighted by Crippen LogP contribution is -2.26. The Bertz CT molecular complexity index is 1000. The summed E-state index contributed by atoms with van der Waals surface area (Å²) in [5.74, 6) is 1.37. The normalized spacial score (nSPS) is 13.9. The summed E-state index contributed by atoms with van der Waals surface area (Å²) in [6, 6.07) is 15.6. The summed E-state index contributed by atoms with van der Waals surface area (Å²) in [5.41, 5.74) is 11.8. The first kappa shape index (κ1) is 22.4. The number of carbonyl (C=O) groups excluding carboxylic acids is 1. The summed E-state index contributed by atoms with van der Waals surface area (Å²) in [6.45, 7) is 5.05. The van der Waals surface area contributed by atoms with Crippen molar-refractivity contribution in [2.45, 2.75) is 33.2 Å². The van der Waals surface area contributed by atoms with E-state index in [-0.39, 0.29) is 5.91 Å². The summed E-state index contributed by atoms with van der Waals surface area (Å²) in [7, 11) is 1.67. The molecule has 0 aliphatic heterocycles. The molecule has 0 heterocycles. The second-order valence-electron chi connectivity index (χ2n) is 7.61. The van der Waals surface area contributed by atoms with Crippen molar-refractivity contribution >= 4 is 5.91 Å². The molecule has 3 N–H and O–H groups in total. The van der Waals surface area contributed by atoms with Gasteiger partial charge in [0.2, 0.25) is 0 Å². The molecule has 0 saturated carbocycles. The number of nitrogens with one attached hydrogen (secondary N) is 1. The van der Waals surface area contributed by atoms with Gasteiger partial charge in [-0.1, -0.05) is 48.4 Å². The van der Waals surface area contributed by atoms with Crippen molar-refractivity contribution in [1.82, 2.24) is 5.32 Å². The first-order valence-corrected chi connectivity index (χ1v) is 10.5. The van der Waals surface area contributed by atoms with Crippen molar-refractivity contribution in [3.63, 3.8) is 0 Å². The number of amides is 1. The lowest BCUT2D eigenvalue weighted by Gasteiger charge is -2.11. The second kappa shape index (κ2) is 10.6. The van der Waals surface area contributed by atoms with Gasteiger partial charge in [-0.05, 0) is 54.8 Å². The van der Waals surface area contributed by atoms with Crippen molar-refractivity contribution in [2.24, 2.45) is 5.73 Å². The highest BCUT2D eigenvalue weighted by Gasteiger charge is 2.16. The minimum Gasteiger partial charge on any atom is -0.457 e. The third kappa shape index (κ3) is 6.09. The maximum atomic E-state index is 12.8. The molecule has 0 unspecified atom stereocenters. The van der Waals surface area contributed by atoms with Gasteiger partial charge in [0.15, 0.2) is 0 Å². The van der Waals surface area contributed by atoms with Crippen LogP contribution in [0.25, 0.3) is 0 Å². The molecule has 0 radical (unpaired) electrons. The fourth-order valence-electron chi connectivity index (χ4n) is 3.42. The van der Waals surface area contributed by atoms with Crippen LogP contribution in [0.5, 0.6) is 11.5 Å². The molecule has 0 spiro atoms. The van der Waals surface area contributed by atoms with Gasteiger partial charge in [0, 0.05) is 25.8 Å². The molecule has 1 aliphatic carbocycles. The standard InChI is InChI=1S/C26H30N2O3/c1-4-20-15-25(27)24(14-9-21(20)17-30-3)26(29)28-16-19-7-12-23(13-8-19)31-22-10-5-18(2)6-11-22/h5-14H,4,15-17,27H2,1-3H3,(H,28,29). The number of aryl methyl sites for hydroxylation is 1. The number of carbonyl (C=O) groups is 1. The van der Waals surface area contributed by atoms with E-state index in [1.165, 1.54) is 11.1 Å². The fraction of sp³-hybridized carbons (Fsp3) is 0.269. The molecule has 1 aliphatic rings. The van der Waals surface area contributed by atoms with Crippen LogP contribution in [0.2, 0.25) is 0 Å². The van der Waals surface area contributed by atoms with Gasteiger partial charge in [-0.25, -0.2) is 0 Å². The molecular formula is C26H30N2O3. The summed E-state index contributed by atoms with van der Waals surface area (Å²) >= 11 is 0. The predicted molar refractivity (Wildman–Crippen MR) is 124 cm³/mol. The highest BCUT2D eigenvalue weighted by atomic mass is 16.5. The van der Waals surface area contributed by atoms with Crippen LogP contribution >= 0.6 is 0 Å². The molecule has 0 bridgehead atoms. The Balaban J connectivity index is 1.60. The number of nitrogens with two attached hydrogens (primary N) is 1. The summed E-state index contributed by atoms with van der Waals surface area (Å²) < 4.78 is 11.1. The molecule has 1 amide bonds. The van der Waals surface area contributed by atoms with Crippen LogP contribution in [0.1, 0.15) is 30.9 Å². The molecule has 3 rings (SSSR count). The Morgan fingerprint density at radius 3 is 2.29 bits per heavy atom. The maximum Gasteiger partial charge on any atom is 0.253 e. The molecule has 0 aromatic heterocycles. The fourth-order valence-corrected chi connectivity index (χ4v) is 3.42. The predicted octanol–water partition coefficient (Wildman–Crippen LogP) is 4.93. The second-order valence-corrected chi connectivity index (χ2v) is 7.61. The van der Waals surface area contributed by atoms with Crippen molar-refractivity contribution in [3.05, 3.63) is 94.2 Å². The van der Waals surface area contributed by atoms with Gasteiger partial charge in [-0.15, -0.1) is 0 Å². The van der Waals surface area contributed by atoms with Gasteiger partial charge in [-0.2, -0.15) is 0 Å². The highest BCUT2D eigenvalue weighted by Crippen LogP contribution is 2.24. The number of hydrogen-bond donors (Lipinski definition) is 2. The van der Waals surface area contributed by atoms with Gasteiger partial charge in [-0.3, -0.25) is 4.79 Å². The smallest absolute Gasteiger partial charge is 0.253 e. The quantitative estimate of drug-likeness (QED) is 0.638. The minimum atomic E-state index is -0.178. The van der Waals surface area contributed by atoms with Crippen LogP contribution in [0.4, 0.5) is 0 Å². The maximum absolute atomic E-state index is 12.8. The Hall–Kier alpha value is -3.31. The number of ether oxygens (including phenoxy) is 2. The molecule has 162 valence electrons. The van der Waals surface area contributed by atoms with Crippen LogP contribution in [-0.2, 0) is 16.1 Å². The van der Waals surface area contributed by atoms with E-state index >= 15 is 0 Å². The molecule has 31 heavy (non-hydrogen) atoms. The topological polar surface area (TPSA) is 73.6 Å². The third-order valence-electron chi connectivity index (χ3n) is 5.26. The number of benzene rings is 2. The van der Waals surface area contributed by atoms with Crippen molar-refractivity contribution in [3.8, 4) is 11.5 Å². The first-order chi connectivity index (χ1) is 15.0. The number of methoxy groups -OCH3 is 1. The molecular weight excluding hydrogens is 388 g/mol.